The Morgan fingerprint density at radius 2 is 2.44 bits per heavy atom. The van der Waals surface area contributed by atoms with Gasteiger partial charge in [0.2, 0.25) is 0 Å². The number of aliphatic hydroxyl groups excluding tert-OH is 1. The molecule has 9 heavy (non-hydrogen) atoms. The summed E-state index contributed by atoms with van der Waals surface area (Å²) in [6, 6.07) is 0. The molecule has 1 fully saturated rings. The molecule has 2 nitrogen and oxygen atoms in total. The van der Waals surface area contributed by atoms with Gasteiger partial charge in [0, 0.05) is 17.1 Å². The second kappa shape index (κ2) is 3.73. The van der Waals surface area contributed by atoms with Crippen molar-refractivity contribution in [2.75, 3.05) is 13.2 Å². The SMILES string of the molecule is OCC[C@H]1OCC[C@@H]1I. The molecule has 1 N–H and O–H groups in total. The molecule has 0 aromatic heterocycles. The number of alkyl halides is 1. The van der Waals surface area contributed by atoms with E-state index < -0.39 is 0 Å². The first-order valence-corrected chi connectivity index (χ1v) is 4.45. The van der Waals surface area contributed by atoms with Gasteiger partial charge >= 0.3 is 0 Å². The van der Waals surface area contributed by atoms with Crippen molar-refractivity contribution >= 4 is 22.6 Å². The van der Waals surface area contributed by atoms with E-state index >= 15 is 0 Å². The monoisotopic (exact) mass is 242 g/mol. The van der Waals surface area contributed by atoms with Crippen LogP contribution in [-0.4, -0.2) is 28.3 Å². The molecule has 0 bridgehead atoms. The average Bonchev–Trinajstić information content (AvgIpc) is 2.18. The molecule has 0 unspecified atom stereocenters. The van der Waals surface area contributed by atoms with Gasteiger partial charge in [-0.2, -0.15) is 0 Å². The lowest BCUT2D eigenvalue weighted by Crippen LogP contribution is -2.16. The Morgan fingerprint density at radius 1 is 1.67 bits per heavy atom. The van der Waals surface area contributed by atoms with Crippen LogP contribution < -0.4 is 0 Å². The van der Waals surface area contributed by atoms with Gasteiger partial charge in [0.15, 0.2) is 0 Å². The third-order valence-electron chi connectivity index (χ3n) is 1.54. The van der Waals surface area contributed by atoms with Crippen LogP contribution in [0, 0.1) is 0 Å². The van der Waals surface area contributed by atoms with Crippen LogP contribution in [0.4, 0.5) is 0 Å². The first kappa shape index (κ1) is 7.75. The molecule has 1 rings (SSSR count). The topological polar surface area (TPSA) is 29.5 Å². The van der Waals surface area contributed by atoms with Gasteiger partial charge in [0.1, 0.15) is 0 Å². The molecule has 0 amide bonds. The first-order chi connectivity index (χ1) is 4.34. The van der Waals surface area contributed by atoms with Crippen molar-refractivity contribution in [2.24, 2.45) is 0 Å². The van der Waals surface area contributed by atoms with E-state index in [1.54, 1.807) is 0 Å². The van der Waals surface area contributed by atoms with Gasteiger partial charge in [-0.05, 0) is 12.8 Å². The van der Waals surface area contributed by atoms with Crippen LogP contribution >= 0.6 is 22.6 Å². The fraction of sp³-hybridized carbons (Fsp3) is 1.00. The predicted molar refractivity (Wildman–Crippen MR) is 43.9 cm³/mol. The van der Waals surface area contributed by atoms with Crippen LogP contribution in [-0.2, 0) is 4.74 Å². The number of rotatable bonds is 2. The maximum atomic E-state index is 8.56. The molecular weight excluding hydrogens is 231 g/mol. The lowest BCUT2D eigenvalue weighted by Gasteiger charge is -2.09. The maximum absolute atomic E-state index is 8.56. The zero-order chi connectivity index (χ0) is 6.69. The van der Waals surface area contributed by atoms with Crippen molar-refractivity contribution in [3.63, 3.8) is 0 Å². The Bertz CT molecular complexity index is 87.1. The summed E-state index contributed by atoms with van der Waals surface area (Å²) >= 11 is 2.38. The van der Waals surface area contributed by atoms with Gasteiger partial charge < -0.3 is 9.84 Å². The highest BCUT2D eigenvalue weighted by atomic mass is 127. The summed E-state index contributed by atoms with van der Waals surface area (Å²) in [7, 11) is 0. The molecule has 54 valence electrons. The Balaban J connectivity index is 2.22. The first-order valence-electron chi connectivity index (χ1n) is 3.21. The Hall–Kier alpha value is 0.650. The van der Waals surface area contributed by atoms with Crippen LogP contribution in [0.15, 0.2) is 0 Å². The second-order valence-electron chi connectivity index (χ2n) is 2.23. The molecule has 2 atom stereocenters. The van der Waals surface area contributed by atoms with E-state index in [2.05, 4.69) is 22.6 Å². The predicted octanol–water partition coefficient (Wildman–Crippen LogP) is 0.961. The summed E-state index contributed by atoms with van der Waals surface area (Å²) in [6.45, 7) is 1.13. The zero-order valence-corrected chi connectivity index (χ0v) is 7.37. The van der Waals surface area contributed by atoms with Crippen LogP contribution in [0.1, 0.15) is 12.8 Å². The molecule has 3 heteroatoms. The van der Waals surface area contributed by atoms with E-state index in [0.29, 0.717) is 10.0 Å². The molecule has 0 aromatic carbocycles. The number of aliphatic hydroxyl groups is 1. The van der Waals surface area contributed by atoms with Crippen LogP contribution in [0.3, 0.4) is 0 Å². The van der Waals surface area contributed by atoms with E-state index in [-0.39, 0.29) is 6.61 Å². The molecule has 0 aromatic rings. The quantitative estimate of drug-likeness (QED) is 0.577. The van der Waals surface area contributed by atoms with Gasteiger partial charge in [-0.25, -0.2) is 0 Å². The average molecular weight is 242 g/mol. The molecule has 0 radical (unpaired) electrons. The number of halogens is 1. The van der Waals surface area contributed by atoms with Crippen molar-refractivity contribution in [1.82, 2.24) is 0 Å². The standard InChI is InChI=1S/C6H11IO2/c7-5-2-4-9-6(5)1-3-8/h5-6,8H,1-4H2/t5-,6+/m0/s1. The molecule has 1 aliphatic heterocycles. The Labute approximate surface area is 68.7 Å². The minimum Gasteiger partial charge on any atom is -0.396 e. The van der Waals surface area contributed by atoms with Gasteiger partial charge in [0.05, 0.1) is 6.10 Å². The minimum absolute atomic E-state index is 0.254. The number of ether oxygens (including phenoxy) is 1. The fourth-order valence-corrected chi connectivity index (χ4v) is 1.84. The van der Waals surface area contributed by atoms with Crippen LogP contribution in [0.2, 0.25) is 0 Å². The zero-order valence-electron chi connectivity index (χ0n) is 5.22. The summed E-state index contributed by atoms with van der Waals surface area (Å²) in [5.41, 5.74) is 0. The minimum atomic E-state index is 0.254. The van der Waals surface area contributed by atoms with Crippen molar-refractivity contribution in [1.29, 1.82) is 0 Å². The van der Waals surface area contributed by atoms with Crippen LogP contribution in [0.25, 0.3) is 0 Å². The van der Waals surface area contributed by atoms with E-state index in [0.717, 1.165) is 19.4 Å². The maximum Gasteiger partial charge on any atom is 0.0715 e. The van der Waals surface area contributed by atoms with Crippen molar-refractivity contribution in [3.8, 4) is 0 Å². The summed E-state index contributed by atoms with van der Waals surface area (Å²) in [6.07, 6.45) is 2.26. The van der Waals surface area contributed by atoms with Gasteiger partial charge in [-0.1, -0.05) is 22.6 Å². The summed E-state index contributed by atoms with van der Waals surface area (Å²) < 4.78 is 5.96. The number of hydrogen-bond donors (Lipinski definition) is 1. The summed E-state index contributed by atoms with van der Waals surface area (Å²) in [5.74, 6) is 0. The van der Waals surface area contributed by atoms with E-state index in [9.17, 15) is 0 Å². The highest BCUT2D eigenvalue weighted by Gasteiger charge is 2.24. The lowest BCUT2D eigenvalue weighted by molar-refractivity contribution is 0.0902. The summed E-state index contributed by atoms with van der Waals surface area (Å²) in [5, 5.41) is 8.56. The molecule has 0 saturated carbocycles. The Kier molecular flexibility index (Phi) is 3.21. The summed E-state index contributed by atoms with van der Waals surface area (Å²) in [4.78, 5) is 0. The van der Waals surface area contributed by atoms with Crippen molar-refractivity contribution in [2.45, 2.75) is 22.9 Å². The fourth-order valence-electron chi connectivity index (χ4n) is 1.01. The van der Waals surface area contributed by atoms with Crippen molar-refractivity contribution in [3.05, 3.63) is 0 Å². The largest absolute Gasteiger partial charge is 0.396 e. The molecule has 0 spiro atoms. The molecule has 1 heterocycles. The van der Waals surface area contributed by atoms with E-state index in [1.165, 1.54) is 0 Å². The van der Waals surface area contributed by atoms with Gasteiger partial charge in [0.25, 0.3) is 0 Å². The van der Waals surface area contributed by atoms with Gasteiger partial charge in [-0.15, -0.1) is 0 Å². The highest BCUT2D eigenvalue weighted by molar-refractivity contribution is 14.1. The molecule has 1 aliphatic rings. The third kappa shape index (κ3) is 2.05. The normalized spacial score (nSPS) is 35.3. The molecule has 0 aliphatic carbocycles. The Morgan fingerprint density at radius 3 is 2.89 bits per heavy atom. The number of hydrogen-bond acceptors (Lipinski definition) is 2. The van der Waals surface area contributed by atoms with Gasteiger partial charge in [-0.3, -0.25) is 0 Å². The highest BCUT2D eigenvalue weighted by Crippen LogP contribution is 2.23. The van der Waals surface area contributed by atoms with Crippen molar-refractivity contribution < 1.29 is 9.84 Å². The third-order valence-corrected chi connectivity index (χ3v) is 2.97. The molecular formula is C6H11IO2. The lowest BCUT2D eigenvalue weighted by atomic mass is 10.2. The smallest absolute Gasteiger partial charge is 0.0715 e. The second-order valence-corrected chi connectivity index (χ2v) is 3.83. The molecule has 1 saturated heterocycles. The van der Waals surface area contributed by atoms with E-state index in [4.69, 9.17) is 9.84 Å². The van der Waals surface area contributed by atoms with Crippen LogP contribution in [0.5, 0.6) is 0 Å². The van der Waals surface area contributed by atoms with E-state index in [1.807, 2.05) is 0 Å².